The average molecular weight is 259 g/mol. The van der Waals surface area contributed by atoms with Gasteiger partial charge in [0.05, 0.1) is 23.1 Å². The SMILES string of the molecule is O=C1C2CC2C(=O)N1c1ccc(F)c(C#CCO)c1. The first-order valence-electron chi connectivity index (χ1n) is 5.90. The van der Waals surface area contributed by atoms with Crippen molar-refractivity contribution in [2.24, 2.45) is 11.8 Å². The van der Waals surface area contributed by atoms with E-state index in [4.69, 9.17) is 5.11 Å². The molecule has 0 bridgehead atoms. The summed E-state index contributed by atoms with van der Waals surface area (Å²) in [5, 5.41) is 8.61. The number of aliphatic hydroxyl groups excluding tert-OH is 1. The number of nitrogens with zero attached hydrogens (tertiary/aromatic N) is 1. The summed E-state index contributed by atoms with van der Waals surface area (Å²) in [5.41, 5.74) is 0.401. The quantitative estimate of drug-likeness (QED) is 0.596. The Morgan fingerprint density at radius 3 is 2.63 bits per heavy atom. The Kier molecular flexibility index (Phi) is 2.61. The normalized spacial score (nSPS) is 24.0. The number of halogens is 1. The summed E-state index contributed by atoms with van der Waals surface area (Å²) < 4.78 is 13.5. The van der Waals surface area contributed by atoms with Crippen molar-refractivity contribution in [2.75, 3.05) is 11.5 Å². The van der Waals surface area contributed by atoms with Crippen LogP contribution in [0.5, 0.6) is 0 Å². The van der Waals surface area contributed by atoms with Gasteiger partial charge in [0.2, 0.25) is 11.8 Å². The zero-order chi connectivity index (χ0) is 13.6. The molecule has 1 aliphatic heterocycles. The molecule has 4 nitrogen and oxygen atoms in total. The van der Waals surface area contributed by atoms with Crippen molar-refractivity contribution in [3.8, 4) is 11.8 Å². The van der Waals surface area contributed by atoms with E-state index >= 15 is 0 Å². The number of imide groups is 1. The highest BCUT2D eigenvalue weighted by molar-refractivity contribution is 6.24. The molecule has 0 radical (unpaired) electrons. The minimum Gasteiger partial charge on any atom is -0.384 e. The van der Waals surface area contributed by atoms with Gasteiger partial charge in [0.25, 0.3) is 0 Å². The molecule has 1 heterocycles. The Morgan fingerprint density at radius 1 is 1.32 bits per heavy atom. The van der Waals surface area contributed by atoms with Crippen LogP contribution >= 0.6 is 0 Å². The first-order chi connectivity index (χ1) is 9.13. The van der Waals surface area contributed by atoms with E-state index < -0.39 is 5.82 Å². The minimum absolute atomic E-state index is 0.0627. The van der Waals surface area contributed by atoms with Crippen LogP contribution in [-0.2, 0) is 9.59 Å². The van der Waals surface area contributed by atoms with Crippen molar-refractivity contribution in [3.05, 3.63) is 29.6 Å². The number of fused-ring (bicyclic) bond motifs is 1. The molecular formula is C14H10FNO3. The van der Waals surface area contributed by atoms with Gasteiger partial charge >= 0.3 is 0 Å². The molecule has 2 fully saturated rings. The summed E-state index contributed by atoms with van der Waals surface area (Å²) >= 11 is 0. The third kappa shape index (κ3) is 1.81. The Labute approximate surface area is 108 Å². The zero-order valence-corrected chi connectivity index (χ0v) is 9.89. The molecule has 0 spiro atoms. The molecule has 1 aromatic carbocycles. The maximum absolute atomic E-state index is 13.5. The second-order valence-electron chi connectivity index (χ2n) is 4.58. The fraction of sp³-hybridized carbons (Fsp3) is 0.286. The molecule has 1 N–H and O–H groups in total. The van der Waals surface area contributed by atoms with Crippen molar-refractivity contribution >= 4 is 17.5 Å². The van der Waals surface area contributed by atoms with E-state index in [0.29, 0.717) is 12.1 Å². The molecule has 96 valence electrons. The van der Waals surface area contributed by atoms with E-state index in [-0.39, 0.29) is 35.8 Å². The van der Waals surface area contributed by atoms with Crippen molar-refractivity contribution in [1.29, 1.82) is 0 Å². The number of piperidine rings is 1. The van der Waals surface area contributed by atoms with E-state index in [2.05, 4.69) is 11.8 Å². The van der Waals surface area contributed by atoms with Crippen molar-refractivity contribution in [3.63, 3.8) is 0 Å². The highest BCUT2D eigenvalue weighted by Gasteiger charge is 2.59. The number of aliphatic hydroxyl groups is 1. The first-order valence-corrected chi connectivity index (χ1v) is 5.90. The van der Waals surface area contributed by atoms with Crippen molar-refractivity contribution in [2.45, 2.75) is 6.42 Å². The second kappa shape index (κ2) is 4.18. The lowest BCUT2D eigenvalue weighted by atomic mass is 10.1. The molecule has 2 amide bonds. The molecule has 2 atom stereocenters. The maximum atomic E-state index is 13.5. The van der Waals surface area contributed by atoms with Crippen LogP contribution in [0.15, 0.2) is 18.2 Å². The summed E-state index contributed by atoms with van der Waals surface area (Å²) in [7, 11) is 0. The summed E-state index contributed by atoms with van der Waals surface area (Å²) in [6.45, 7) is -0.380. The fourth-order valence-corrected chi connectivity index (χ4v) is 2.32. The molecule has 1 saturated heterocycles. The van der Waals surface area contributed by atoms with Crippen LogP contribution in [0.25, 0.3) is 0 Å². The number of amides is 2. The van der Waals surface area contributed by atoms with Crippen LogP contribution in [0.4, 0.5) is 10.1 Å². The first kappa shape index (κ1) is 11.9. The van der Waals surface area contributed by atoms with Crippen molar-refractivity contribution < 1.29 is 19.1 Å². The topological polar surface area (TPSA) is 57.6 Å². The van der Waals surface area contributed by atoms with Gasteiger partial charge in [0.1, 0.15) is 12.4 Å². The standard InChI is InChI=1S/C14H10FNO3/c15-12-4-3-9(6-8(12)2-1-5-17)16-13(18)10-7-11(10)14(16)19/h3-4,6,10-11,17H,5,7H2. The summed E-state index contributed by atoms with van der Waals surface area (Å²) in [6.07, 6.45) is 0.631. The van der Waals surface area contributed by atoms with Crippen LogP contribution in [0.2, 0.25) is 0 Å². The summed E-state index contributed by atoms with van der Waals surface area (Å²) in [5.74, 6) is 3.43. The lowest BCUT2D eigenvalue weighted by molar-refractivity contribution is -0.123. The van der Waals surface area contributed by atoms with E-state index in [1.54, 1.807) is 0 Å². The third-order valence-corrected chi connectivity index (χ3v) is 3.38. The van der Waals surface area contributed by atoms with Gasteiger partial charge in [-0.1, -0.05) is 11.8 Å². The number of anilines is 1. The number of rotatable bonds is 1. The number of carbonyl (C=O) groups excluding carboxylic acids is 2. The molecular weight excluding hydrogens is 249 g/mol. The fourth-order valence-electron chi connectivity index (χ4n) is 2.32. The molecule has 1 aromatic rings. The molecule has 1 aliphatic carbocycles. The molecule has 2 aliphatic rings. The van der Waals surface area contributed by atoms with Gasteiger partial charge in [-0.3, -0.25) is 14.5 Å². The van der Waals surface area contributed by atoms with Gasteiger partial charge in [-0.05, 0) is 24.6 Å². The minimum atomic E-state index is -0.547. The predicted octanol–water partition coefficient (Wildman–Crippen LogP) is 0.679. The Hall–Kier alpha value is -2.19. The number of hydrogen-bond donors (Lipinski definition) is 1. The molecule has 1 saturated carbocycles. The Bertz CT molecular complexity index is 624. The Morgan fingerprint density at radius 2 is 2.00 bits per heavy atom. The van der Waals surface area contributed by atoms with E-state index in [1.807, 2.05) is 0 Å². The van der Waals surface area contributed by atoms with Crippen LogP contribution in [-0.4, -0.2) is 23.5 Å². The average Bonchev–Trinajstić information content (AvgIpc) is 3.14. The van der Waals surface area contributed by atoms with Crippen LogP contribution in [0.1, 0.15) is 12.0 Å². The van der Waals surface area contributed by atoms with Gasteiger partial charge in [-0.2, -0.15) is 0 Å². The lowest BCUT2D eigenvalue weighted by Gasteiger charge is -2.16. The largest absolute Gasteiger partial charge is 0.384 e. The number of benzene rings is 1. The molecule has 0 aromatic heterocycles. The Balaban J connectivity index is 1.98. The van der Waals surface area contributed by atoms with Gasteiger partial charge in [0.15, 0.2) is 0 Å². The molecule has 19 heavy (non-hydrogen) atoms. The van der Waals surface area contributed by atoms with E-state index in [0.717, 1.165) is 4.90 Å². The predicted molar refractivity (Wildman–Crippen MR) is 64.5 cm³/mol. The monoisotopic (exact) mass is 259 g/mol. The van der Waals surface area contributed by atoms with Gasteiger partial charge in [0, 0.05) is 0 Å². The van der Waals surface area contributed by atoms with Crippen LogP contribution in [0, 0.1) is 29.5 Å². The van der Waals surface area contributed by atoms with Crippen LogP contribution in [0.3, 0.4) is 0 Å². The van der Waals surface area contributed by atoms with Gasteiger partial charge in [-0.15, -0.1) is 0 Å². The van der Waals surface area contributed by atoms with Crippen LogP contribution < -0.4 is 4.90 Å². The van der Waals surface area contributed by atoms with Crippen molar-refractivity contribution in [1.82, 2.24) is 0 Å². The highest BCUT2D eigenvalue weighted by atomic mass is 19.1. The summed E-state index contributed by atoms with van der Waals surface area (Å²) in [4.78, 5) is 24.9. The molecule has 5 heteroatoms. The number of carbonyl (C=O) groups is 2. The lowest BCUT2D eigenvalue weighted by Crippen LogP contribution is -2.32. The third-order valence-electron chi connectivity index (χ3n) is 3.38. The highest BCUT2D eigenvalue weighted by Crippen LogP contribution is 2.48. The number of hydrogen-bond acceptors (Lipinski definition) is 3. The zero-order valence-electron chi connectivity index (χ0n) is 9.89. The molecule has 3 rings (SSSR count). The van der Waals surface area contributed by atoms with Gasteiger partial charge < -0.3 is 5.11 Å². The molecule has 2 unspecified atom stereocenters. The van der Waals surface area contributed by atoms with E-state index in [9.17, 15) is 14.0 Å². The summed E-state index contributed by atoms with van der Waals surface area (Å²) in [6, 6.07) is 3.92. The van der Waals surface area contributed by atoms with Gasteiger partial charge in [-0.25, -0.2) is 4.39 Å². The maximum Gasteiger partial charge on any atom is 0.237 e. The van der Waals surface area contributed by atoms with E-state index in [1.165, 1.54) is 18.2 Å². The second-order valence-corrected chi connectivity index (χ2v) is 4.58. The smallest absolute Gasteiger partial charge is 0.237 e.